The van der Waals surface area contributed by atoms with Crippen LogP contribution < -0.4 is 10.6 Å². The molecule has 0 radical (unpaired) electrons. The smallest absolute Gasteiger partial charge is 0.407 e. The molecule has 15 heteroatoms. The lowest BCUT2D eigenvalue weighted by molar-refractivity contribution is -0.139. The normalized spacial score (nSPS) is 26.4. The molecule has 3 aromatic rings. The summed E-state index contributed by atoms with van der Waals surface area (Å²) in [7, 11) is -4.10. The highest BCUT2D eigenvalue weighted by molar-refractivity contribution is 7.89. The second kappa shape index (κ2) is 13.8. The topological polar surface area (TPSA) is 139 Å². The number of aliphatic hydroxyl groups is 1. The van der Waals surface area contributed by atoms with Crippen molar-refractivity contribution in [3.8, 4) is 0 Å². The van der Waals surface area contributed by atoms with Crippen molar-refractivity contribution >= 4 is 42.8 Å². The minimum absolute atomic E-state index is 0.0497. The highest BCUT2D eigenvalue weighted by atomic mass is 32.2. The zero-order valence-electron chi connectivity index (χ0n) is 26.5. The number of halogens is 2. The maximum Gasteiger partial charge on any atom is 0.407 e. The standard InChI is InChI=1S/C33H40F2N4O7S2/c1-2-9-39(48(42,43)24-7-8-25-29(15-24)47-32(37-25)36-23-5-6-23)16-27(40)26(12-18-10-21(34)14-22(35)11-18)38-33(41)46-30-20-4-3-19-13-28(30)45-31(19)44-17-20/h7-8,10-11,14-15,19-20,23,26-28,30-31,40H,2-6,9,12-13,16-17H2,1H3,(H,36,37)(H,38,41)/t19?,20?,26-,27+,28?,30?,31?/m0/s1. The summed E-state index contributed by atoms with van der Waals surface area (Å²) < 4.78 is 75.9. The Balaban J connectivity index is 1.10. The van der Waals surface area contributed by atoms with Crippen LogP contribution in [0, 0.1) is 23.5 Å². The van der Waals surface area contributed by atoms with E-state index in [2.05, 4.69) is 15.6 Å². The second-order valence-corrected chi connectivity index (χ2v) is 16.3. The van der Waals surface area contributed by atoms with Crippen LogP contribution in [0.2, 0.25) is 0 Å². The first kappa shape index (κ1) is 33.5. The lowest BCUT2D eigenvalue weighted by Crippen LogP contribution is -2.52. The van der Waals surface area contributed by atoms with Gasteiger partial charge in [-0.2, -0.15) is 4.31 Å². The molecule has 1 aromatic heterocycles. The molecule has 2 aliphatic carbocycles. The number of amides is 1. The SMILES string of the molecule is CCCN(C[C@@H](O)[C@H](Cc1cc(F)cc(F)c1)NC(=O)OC1C2CCC3CC1OC3OC2)S(=O)(=O)c1ccc2nc(NC3CC3)sc2c1. The van der Waals surface area contributed by atoms with Gasteiger partial charge in [0.2, 0.25) is 10.0 Å². The number of aliphatic hydroxyl groups excluding tert-OH is 1. The van der Waals surface area contributed by atoms with Crippen LogP contribution in [0.25, 0.3) is 10.2 Å². The summed E-state index contributed by atoms with van der Waals surface area (Å²) in [5.41, 5.74) is 0.859. The van der Waals surface area contributed by atoms with Crippen molar-refractivity contribution in [2.75, 3.05) is 25.0 Å². The van der Waals surface area contributed by atoms with Crippen LogP contribution in [-0.2, 0) is 30.7 Å². The number of aromatic nitrogens is 1. The number of carbonyl (C=O) groups is 1. The average Bonchev–Trinajstić information content (AvgIpc) is 3.74. The molecule has 5 unspecified atom stereocenters. The lowest BCUT2D eigenvalue weighted by Gasteiger charge is -2.31. The third kappa shape index (κ3) is 7.31. The van der Waals surface area contributed by atoms with E-state index >= 15 is 0 Å². The van der Waals surface area contributed by atoms with Crippen LogP contribution in [0.4, 0.5) is 18.7 Å². The van der Waals surface area contributed by atoms with Gasteiger partial charge in [0, 0.05) is 37.0 Å². The number of thiazole rings is 1. The first-order valence-corrected chi connectivity index (χ1v) is 18.9. The number of alkyl carbamates (subject to hydrolysis) is 1. The molecule has 3 N–H and O–H groups in total. The van der Waals surface area contributed by atoms with E-state index in [1.807, 2.05) is 6.92 Å². The van der Waals surface area contributed by atoms with E-state index in [1.54, 1.807) is 12.1 Å². The zero-order valence-corrected chi connectivity index (χ0v) is 28.2. The molecule has 5 aliphatic rings. The Morgan fingerprint density at radius 1 is 1.15 bits per heavy atom. The average molecular weight is 707 g/mol. The number of nitrogens with zero attached hydrogens (tertiary/aromatic N) is 2. The molecule has 48 heavy (non-hydrogen) atoms. The fourth-order valence-corrected chi connectivity index (χ4v) is 9.64. The van der Waals surface area contributed by atoms with Gasteiger partial charge in [-0.15, -0.1) is 0 Å². The summed E-state index contributed by atoms with van der Waals surface area (Å²) in [4.78, 5) is 18.0. The molecule has 11 nitrogen and oxygen atoms in total. The van der Waals surface area contributed by atoms with E-state index in [0.717, 1.165) is 49.0 Å². The Hall–Kier alpha value is -2.95. The molecule has 2 aromatic carbocycles. The molecule has 7 atom stereocenters. The summed E-state index contributed by atoms with van der Waals surface area (Å²) >= 11 is 1.38. The Morgan fingerprint density at radius 3 is 2.67 bits per heavy atom. The quantitative estimate of drug-likeness (QED) is 0.229. The van der Waals surface area contributed by atoms with Crippen molar-refractivity contribution in [1.29, 1.82) is 0 Å². The number of carbonyl (C=O) groups excluding carboxylic acids is 1. The summed E-state index contributed by atoms with van der Waals surface area (Å²) in [5.74, 6) is -1.43. The minimum Gasteiger partial charge on any atom is -0.443 e. The Kier molecular flexibility index (Phi) is 9.61. The number of rotatable bonds is 13. The number of nitrogens with one attached hydrogen (secondary N) is 2. The molecule has 2 saturated carbocycles. The van der Waals surface area contributed by atoms with Crippen LogP contribution >= 0.6 is 11.3 Å². The number of hydrogen-bond acceptors (Lipinski definition) is 10. The Morgan fingerprint density at radius 2 is 1.92 bits per heavy atom. The van der Waals surface area contributed by atoms with Gasteiger partial charge in [0.15, 0.2) is 11.4 Å². The van der Waals surface area contributed by atoms with Gasteiger partial charge in [0.25, 0.3) is 0 Å². The van der Waals surface area contributed by atoms with E-state index in [0.29, 0.717) is 35.7 Å². The molecule has 0 spiro atoms. The molecule has 8 rings (SSSR count). The van der Waals surface area contributed by atoms with Crippen molar-refractivity contribution in [2.24, 2.45) is 11.8 Å². The molecular formula is C33H40F2N4O7S2. The van der Waals surface area contributed by atoms with E-state index in [-0.39, 0.29) is 54.2 Å². The molecular weight excluding hydrogens is 667 g/mol. The van der Waals surface area contributed by atoms with Gasteiger partial charge in [-0.25, -0.2) is 27.0 Å². The van der Waals surface area contributed by atoms with Crippen LogP contribution in [0.1, 0.15) is 51.0 Å². The zero-order chi connectivity index (χ0) is 33.6. The largest absolute Gasteiger partial charge is 0.443 e. The van der Waals surface area contributed by atoms with Crippen molar-refractivity contribution < 1.29 is 41.3 Å². The van der Waals surface area contributed by atoms with Gasteiger partial charge in [0.05, 0.1) is 40.0 Å². The third-order valence-electron chi connectivity index (χ3n) is 9.60. The van der Waals surface area contributed by atoms with Gasteiger partial charge < -0.3 is 30.0 Å². The van der Waals surface area contributed by atoms with Crippen LogP contribution in [-0.4, -0.2) is 85.3 Å². The monoisotopic (exact) mass is 706 g/mol. The molecule has 4 heterocycles. The van der Waals surface area contributed by atoms with E-state index in [1.165, 1.54) is 21.7 Å². The summed E-state index contributed by atoms with van der Waals surface area (Å²) in [5, 5.41) is 18.3. The fourth-order valence-electron chi connectivity index (χ4n) is 7.00. The van der Waals surface area contributed by atoms with Crippen LogP contribution in [0.5, 0.6) is 0 Å². The summed E-state index contributed by atoms with van der Waals surface area (Å²) in [6.07, 6.45) is 1.38. The van der Waals surface area contributed by atoms with E-state index in [4.69, 9.17) is 14.2 Å². The minimum atomic E-state index is -4.10. The maximum absolute atomic E-state index is 14.2. The van der Waals surface area contributed by atoms with E-state index < -0.39 is 46.0 Å². The molecule has 3 saturated heterocycles. The second-order valence-electron chi connectivity index (χ2n) is 13.3. The first-order chi connectivity index (χ1) is 23.0. The predicted octanol–water partition coefficient (Wildman–Crippen LogP) is 4.79. The highest BCUT2D eigenvalue weighted by Gasteiger charge is 2.50. The van der Waals surface area contributed by atoms with E-state index in [9.17, 15) is 27.1 Å². The van der Waals surface area contributed by atoms with Crippen molar-refractivity contribution in [3.05, 3.63) is 53.6 Å². The number of anilines is 1. The Labute approximate surface area is 282 Å². The number of benzene rings is 2. The number of hydrogen-bond donors (Lipinski definition) is 3. The molecule has 1 amide bonds. The summed E-state index contributed by atoms with van der Waals surface area (Å²) in [6.45, 7) is 1.92. The highest BCUT2D eigenvalue weighted by Crippen LogP contribution is 2.44. The summed E-state index contributed by atoms with van der Waals surface area (Å²) in [6, 6.07) is 6.95. The number of fused-ring (bicyclic) bond motifs is 3. The van der Waals surface area contributed by atoms with Gasteiger partial charge >= 0.3 is 6.09 Å². The van der Waals surface area contributed by atoms with Crippen LogP contribution in [0.3, 0.4) is 0 Å². The molecule has 260 valence electrons. The van der Waals surface area contributed by atoms with Crippen molar-refractivity contribution in [3.63, 3.8) is 0 Å². The Bertz CT molecular complexity index is 1720. The number of sulfonamides is 1. The lowest BCUT2D eigenvalue weighted by atomic mass is 9.96. The molecule has 3 aliphatic heterocycles. The van der Waals surface area contributed by atoms with Gasteiger partial charge in [-0.05, 0) is 80.8 Å². The maximum atomic E-state index is 14.2. The van der Waals surface area contributed by atoms with Gasteiger partial charge in [-0.1, -0.05) is 18.3 Å². The predicted molar refractivity (Wildman–Crippen MR) is 174 cm³/mol. The number of ether oxygens (including phenoxy) is 3. The van der Waals surface area contributed by atoms with Crippen LogP contribution in [0.15, 0.2) is 41.3 Å². The third-order valence-corrected chi connectivity index (χ3v) is 12.4. The fraction of sp³-hybridized carbons (Fsp3) is 0.576. The van der Waals surface area contributed by atoms with Gasteiger partial charge in [-0.3, -0.25) is 0 Å². The molecule has 4 bridgehead atoms. The first-order valence-electron chi connectivity index (χ1n) is 16.6. The van der Waals surface area contributed by atoms with Crippen molar-refractivity contribution in [1.82, 2.24) is 14.6 Å². The van der Waals surface area contributed by atoms with Gasteiger partial charge in [0.1, 0.15) is 17.7 Å². The molecule has 5 fully saturated rings. The van der Waals surface area contributed by atoms with Crippen molar-refractivity contribution in [2.45, 2.75) is 93.5 Å².